The zero-order valence-electron chi connectivity index (χ0n) is 12.4. The fourth-order valence-electron chi connectivity index (χ4n) is 2.89. The molecule has 0 saturated carbocycles. The number of hydrogen-bond acceptors (Lipinski definition) is 5. The van der Waals surface area contributed by atoms with Gasteiger partial charge in [0.15, 0.2) is 0 Å². The number of carbonyl (C=O) groups excluding carboxylic acids is 2. The minimum atomic E-state index is -0.103. The van der Waals surface area contributed by atoms with Gasteiger partial charge in [-0.05, 0) is 41.3 Å². The first kappa shape index (κ1) is 15.8. The summed E-state index contributed by atoms with van der Waals surface area (Å²) < 4.78 is 0. The van der Waals surface area contributed by atoms with Gasteiger partial charge < -0.3 is 15.5 Å². The average Bonchev–Trinajstić information content (AvgIpc) is 3.26. The fourth-order valence-corrected chi connectivity index (χ4v) is 4.51. The molecule has 5 nitrogen and oxygen atoms in total. The van der Waals surface area contributed by atoms with Crippen molar-refractivity contribution in [1.82, 2.24) is 15.5 Å². The third-order valence-electron chi connectivity index (χ3n) is 4.13. The van der Waals surface area contributed by atoms with Crippen LogP contribution in [0.1, 0.15) is 18.4 Å². The van der Waals surface area contributed by atoms with Crippen LogP contribution in [0.3, 0.4) is 0 Å². The summed E-state index contributed by atoms with van der Waals surface area (Å²) >= 11 is 3.43. The number of nitrogens with zero attached hydrogens (tertiary/aromatic N) is 1. The molecule has 2 saturated heterocycles. The van der Waals surface area contributed by atoms with Gasteiger partial charge >= 0.3 is 0 Å². The Balaban J connectivity index is 1.40. The van der Waals surface area contributed by atoms with Crippen LogP contribution in [0.15, 0.2) is 16.8 Å². The first-order valence-corrected chi connectivity index (χ1v) is 9.70. The summed E-state index contributed by atoms with van der Waals surface area (Å²) in [7, 11) is 0. The number of amides is 2. The highest BCUT2D eigenvalue weighted by molar-refractivity contribution is 7.99. The molecule has 120 valence electrons. The van der Waals surface area contributed by atoms with Gasteiger partial charge in [0.2, 0.25) is 11.8 Å². The SMILES string of the molecule is O=C(CC1CN[C@H](C(=O)N2CCSC2)C1)NCc1ccsc1. The Morgan fingerprint density at radius 3 is 3.09 bits per heavy atom. The Hall–Kier alpha value is -1.05. The molecule has 0 radical (unpaired) electrons. The Kier molecular flexibility index (Phi) is 5.38. The zero-order chi connectivity index (χ0) is 15.4. The summed E-state index contributed by atoms with van der Waals surface area (Å²) in [6, 6.07) is 1.92. The Morgan fingerprint density at radius 2 is 2.36 bits per heavy atom. The van der Waals surface area contributed by atoms with Crippen molar-refractivity contribution in [2.75, 3.05) is 24.7 Å². The first-order valence-electron chi connectivity index (χ1n) is 7.60. The van der Waals surface area contributed by atoms with Gasteiger partial charge in [0.05, 0.1) is 11.9 Å². The van der Waals surface area contributed by atoms with Crippen LogP contribution >= 0.6 is 23.1 Å². The van der Waals surface area contributed by atoms with Crippen LogP contribution in [0, 0.1) is 5.92 Å². The Morgan fingerprint density at radius 1 is 1.45 bits per heavy atom. The van der Waals surface area contributed by atoms with Crippen molar-refractivity contribution in [1.29, 1.82) is 0 Å². The maximum Gasteiger partial charge on any atom is 0.240 e. The van der Waals surface area contributed by atoms with Gasteiger partial charge in [-0.25, -0.2) is 0 Å². The molecule has 7 heteroatoms. The monoisotopic (exact) mass is 339 g/mol. The summed E-state index contributed by atoms with van der Waals surface area (Å²) in [5.74, 6) is 2.37. The van der Waals surface area contributed by atoms with Crippen molar-refractivity contribution < 1.29 is 9.59 Å². The Bertz CT molecular complexity index is 515. The van der Waals surface area contributed by atoms with Crippen LogP contribution in [0.5, 0.6) is 0 Å². The van der Waals surface area contributed by atoms with E-state index in [9.17, 15) is 9.59 Å². The molecule has 2 aliphatic rings. The van der Waals surface area contributed by atoms with E-state index >= 15 is 0 Å². The number of thiophene rings is 1. The molecule has 1 unspecified atom stereocenters. The van der Waals surface area contributed by atoms with E-state index in [4.69, 9.17) is 0 Å². The fraction of sp³-hybridized carbons (Fsp3) is 0.600. The smallest absolute Gasteiger partial charge is 0.240 e. The summed E-state index contributed by atoms with van der Waals surface area (Å²) in [5, 5.41) is 10.3. The molecular weight excluding hydrogens is 318 g/mol. The van der Waals surface area contributed by atoms with E-state index in [1.54, 1.807) is 23.1 Å². The molecule has 2 N–H and O–H groups in total. The lowest BCUT2D eigenvalue weighted by molar-refractivity contribution is -0.131. The van der Waals surface area contributed by atoms with E-state index in [0.29, 0.717) is 13.0 Å². The van der Waals surface area contributed by atoms with E-state index in [1.807, 2.05) is 21.7 Å². The van der Waals surface area contributed by atoms with Crippen molar-refractivity contribution in [2.24, 2.45) is 5.92 Å². The largest absolute Gasteiger partial charge is 0.352 e. The van der Waals surface area contributed by atoms with Gasteiger partial charge in [0, 0.05) is 25.3 Å². The van der Waals surface area contributed by atoms with E-state index < -0.39 is 0 Å². The highest BCUT2D eigenvalue weighted by Crippen LogP contribution is 2.22. The number of rotatable bonds is 5. The van der Waals surface area contributed by atoms with Gasteiger partial charge in [-0.15, -0.1) is 11.8 Å². The minimum Gasteiger partial charge on any atom is -0.352 e. The highest BCUT2D eigenvalue weighted by atomic mass is 32.2. The minimum absolute atomic E-state index is 0.0721. The molecule has 3 heterocycles. The number of hydrogen-bond donors (Lipinski definition) is 2. The van der Waals surface area contributed by atoms with Crippen molar-refractivity contribution in [3.05, 3.63) is 22.4 Å². The van der Waals surface area contributed by atoms with E-state index in [2.05, 4.69) is 10.6 Å². The van der Waals surface area contributed by atoms with Gasteiger partial charge in [-0.3, -0.25) is 9.59 Å². The lowest BCUT2D eigenvalue weighted by Crippen LogP contribution is -2.42. The molecule has 2 atom stereocenters. The lowest BCUT2D eigenvalue weighted by atomic mass is 10.0. The van der Waals surface area contributed by atoms with Crippen LogP contribution in [0.2, 0.25) is 0 Å². The van der Waals surface area contributed by atoms with Crippen molar-refractivity contribution in [2.45, 2.75) is 25.4 Å². The molecule has 0 aliphatic carbocycles. The summed E-state index contributed by atoms with van der Waals surface area (Å²) in [4.78, 5) is 26.2. The predicted octanol–water partition coefficient (Wildman–Crippen LogP) is 1.27. The highest BCUT2D eigenvalue weighted by Gasteiger charge is 2.34. The summed E-state index contributed by atoms with van der Waals surface area (Å²) in [5.41, 5.74) is 1.14. The molecule has 2 amide bonds. The van der Waals surface area contributed by atoms with Crippen LogP contribution in [-0.2, 0) is 16.1 Å². The number of carbonyl (C=O) groups is 2. The van der Waals surface area contributed by atoms with Crippen LogP contribution in [0.25, 0.3) is 0 Å². The molecule has 22 heavy (non-hydrogen) atoms. The molecular formula is C15H21N3O2S2. The van der Waals surface area contributed by atoms with E-state index in [1.165, 1.54) is 0 Å². The molecule has 3 rings (SSSR count). The first-order chi connectivity index (χ1) is 10.7. The van der Waals surface area contributed by atoms with Gasteiger partial charge in [-0.2, -0.15) is 11.3 Å². The van der Waals surface area contributed by atoms with Crippen molar-refractivity contribution in [3.63, 3.8) is 0 Å². The van der Waals surface area contributed by atoms with Crippen LogP contribution in [-0.4, -0.2) is 47.5 Å². The molecule has 1 aromatic rings. The normalized spacial score (nSPS) is 24.6. The maximum absolute atomic E-state index is 12.3. The third kappa shape index (κ3) is 4.02. The molecule has 2 aliphatic heterocycles. The second-order valence-electron chi connectivity index (χ2n) is 5.81. The maximum atomic E-state index is 12.3. The number of thioether (sulfide) groups is 1. The Labute approximate surface area is 138 Å². The molecule has 0 aromatic carbocycles. The van der Waals surface area contributed by atoms with Crippen LogP contribution < -0.4 is 10.6 Å². The van der Waals surface area contributed by atoms with Gasteiger partial charge in [0.25, 0.3) is 0 Å². The van der Waals surface area contributed by atoms with E-state index in [0.717, 1.165) is 36.7 Å². The molecule has 0 spiro atoms. The average molecular weight is 339 g/mol. The zero-order valence-corrected chi connectivity index (χ0v) is 14.0. The topological polar surface area (TPSA) is 61.4 Å². The second kappa shape index (κ2) is 7.48. The molecule has 2 fully saturated rings. The quantitative estimate of drug-likeness (QED) is 0.848. The van der Waals surface area contributed by atoms with Crippen molar-refractivity contribution in [3.8, 4) is 0 Å². The molecule has 1 aromatic heterocycles. The summed E-state index contributed by atoms with van der Waals surface area (Å²) in [6.45, 7) is 2.20. The second-order valence-corrected chi connectivity index (χ2v) is 7.67. The summed E-state index contributed by atoms with van der Waals surface area (Å²) in [6.07, 6.45) is 1.27. The predicted molar refractivity (Wildman–Crippen MR) is 89.7 cm³/mol. The number of nitrogens with one attached hydrogen (secondary N) is 2. The third-order valence-corrected chi connectivity index (χ3v) is 5.83. The standard InChI is InChI=1S/C15H21N3O2S2/c19-14(17-7-11-1-3-21-9-11)6-12-5-13(16-8-12)15(20)18-2-4-22-10-18/h1,3,9,12-13,16H,2,4-8,10H2,(H,17,19)/t12?,13-/m0/s1. The van der Waals surface area contributed by atoms with Gasteiger partial charge in [0.1, 0.15) is 0 Å². The molecule has 0 bridgehead atoms. The lowest BCUT2D eigenvalue weighted by Gasteiger charge is -2.19. The van der Waals surface area contributed by atoms with Crippen molar-refractivity contribution >= 4 is 34.9 Å². The van der Waals surface area contributed by atoms with E-state index in [-0.39, 0.29) is 23.8 Å². The van der Waals surface area contributed by atoms with Crippen LogP contribution in [0.4, 0.5) is 0 Å². The van der Waals surface area contributed by atoms with Gasteiger partial charge in [-0.1, -0.05) is 0 Å².